The third-order valence-electron chi connectivity index (χ3n) is 2.56. The predicted molar refractivity (Wildman–Crippen MR) is 71.7 cm³/mol. The lowest BCUT2D eigenvalue weighted by Gasteiger charge is -2.05. The zero-order valence-corrected chi connectivity index (χ0v) is 10.3. The highest BCUT2D eigenvalue weighted by molar-refractivity contribution is 5.77. The van der Waals surface area contributed by atoms with Crippen molar-refractivity contribution in [1.29, 1.82) is 0 Å². The Morgan fingerprint density at radius 3 is 2.89 bits per heavy atom. The first-order valence-corrected chi connectivity index (χ1v) is 5.89. The molecule has 0 aliphatic rings. The number of amides is 2. The van der Waals surface area contributed by atoms with Crippen molar-refractivity contribution < 1.29 is 4.79 Å². The highest BCUT2D eigenvalue weighted by atomic mass is 16.2. The number of aromatic nitrogens is 2. The van der Waals surface area contributed by atoms with Gasteiger partial charge in [-0.15, -0.1) is 0 Å². The summed E-state index contributed by atoms with van der Waals surface area (Å²) in [5, 5.41) is 6.07. The number of nitrogens with zero attached hydrogens (tertiary/aromatic N) is 1. The minimum absolute atomic E-state index is 0.155. The fraction of sp³-hybridized carbons (Fsp3) is 0.250. The SMILES string of the molecule is NC(=O)NCCNCc1nc2ccccc2c(=O)[nH]1. The number of carbonyl (C=O) groups is 1. The molecule has 0 saturated heterocycles. The summed E-state index contributed by atoms with van der Waals surface area (Å²) >= 11 is 0. The molecule has 1 aromatic carbocycles. The van der Waals surface area contributed by atoms with Crippen LogP contribution in [0.15, 0.2) is 29.1 Å². The van der Waals surface area contributed by atoms with Crippen molar-refractivity contribution in [2.24, 2.45) is 5.73 Å². The van der Waals surface area contributed by atoms with Crippen molar-refractivity contribution in [1.82, 2.24) is 20.6 Å². The van der Waals surface area contributed by atoms with Crippen LogP contribution in [0.3, 0.4) is 0 Å². The number of carbonyl (C=O) groups excluding carboxylic acids is 1. The van der Waals surface area contributed by atoms with E-state index in [1.54, 1.807) is 18.2 Å². The molecule has 0 fully saturated rings. The van der Waals surface area contributed by atoms with E-state index in [1.807, 2.05) is 6.07 Å². The van der Waals surface area contributed by atoms with E-state index in [0.29, 0.717) is 36.4 Å². The van der Waals surface area contributed by atoms with Gasteiger partial charge in [-0.1, -0.05) is 12.1 Å². The summed E-state index contributed by atoms with van der Waals surface area (Å²) in [4.78, 5) is 29.3. The lowest BCUT2D eigenvalue weighted by Crippen LogP contribution is -2.35. The minimum atomic E-state index is -0.556. The summed E-state index contributed by atoms with van der Waals surface area (Å²) in [5.41, 5.74) is 5.44. The van der Waals surface area contributed by atoms with Crippen LogP contribution in [0.5, 0.6) is 0 Å². The zero-order chi connectivity index (χ0) is 13.7. The van der Waals surface area contributed by atoms with E-state index in [-0.39, 0.29) is 5.56 Å². The topological polar surface area (TPSA) is 113 Å². The van der Waals surface area contributed by atoms with Crippen molar-refractivity contribution in [3.63, 3.8) is 0 Å². The number of nitrogens with one attached hydrogen (secondary N) is 3. The van der Waals surface area contributed by atoms with Gasteiger partial charge in [0.15, 0.2) is 0 Å². The minimum Gasteiger partial charge on any atom is -0.352 e. The first-order chi connectivity index (χ1) is 9.16. The predicted octanol–water partition coefficient (Wildman–Crippen LogP) is -0.319. The van der Waals surface area contributed by atoms with Gasteiger partial charge >= 0.3 is 6.03 Å². The summed E-state index contributed by atoms with van der Waals surface area (Å²) in [6.45, 7) is 1.38. The van der Waals surface area contributed by atoms with Gasteiger partial charge in [0.2, 0.25) is 0 Å². The average Bonchev–Trinajstić information content (AvgIpc) is 2.38. The molecule has 0 aliphatic heterocycles. The summed E-state index contributed by atoms with van der Waals surface area (Å²) in [6.07, 6.45) is 0. The van der Waals surface area contributed by atoms with E-state index < -0.39 is 6.03 Å². The van der Waals surface area contributed by atoms with E-state index in [1.165, 1.54) is 0 Å². The molecule has 1 aromatic heterocycles. The van der Waals surface area contributed by atoms with Crippen molar-refractivity contribution in [2.75, 3.05) is 13.1 Å². The molecule has 2 aromatic rings. The van der Waals surface area contributed by atoms with Crippen LogP contribution in [-0.2, 0) is 6.54 Å². The second kappa shape index (κ2) is 5.96. The number of rotatable bonds is 5. The van der Waals surface area contributed by atoms with Crippen LogP contribution in [-0.4, -0.2) is 29.1 Å². The largest absolute Gasteiger partial charge is 0.352 e. The highest BCUT2D eigenvalue weighted by Crippen LogP contribution is 2.05. The molecular weight excluding hydrogens is 246 g/mol. The van der Waals surface area contributed by atoms with E-state index >= 15 is 0 Å². The highest BCUT2D eigenvalue weighted by Gasteiger charge is 2.02. The number of primary amides is 1. The number of urea groups is 1. The summed E-state index contributed by atoms with van der Waals surface area (Å²) in [7, 11) is 0. The zero-order valence-electron chi connectivity index (χ0n) is 10.3. The first-order valence-electron chi connectivity index (χ1n) is 5.89. The lowest BCUT2D eigenvalue weighted by molar-refractivity contribution is 0.249. The van der Waals surface area contributed by atoms with Crippen molar-refractivity contribution >= 4 is 16.9 Å². The van der Waals surface area contributed by atoms with E-state index in [0.717, 1.165) is 0 Å². The Kier molecular flexibility index (Phi) is 4.09. The van der Waals surface area contributed by atoms with Gasteiger partial charge in [-0.05, 0) is 12.1 Å². The smallest absolute Gasteiger partial charge is 0.312 e. The fourth-order valence-electron chi connectivity index (χ4n) is 1.70. The van der Waals surface area contributed by atoms with Gasteiger partial charge < -0.3 is 21.4 Å². The summed E-state index contributed by atoms with van der Waals surface area (Å²) in [5.74, 6) is 0.558. The molecule has 0 atom stereocenters. The number of fused-ring (bicyclic) bond motifs is 1. The number of aromatic amines is 1. The number of nitrogens with two attached hydrogens (primary N) is 1. The summed E-state index contributed by atoms with van der Waals surface area (Å²) in [6, 6.07) is 6.60. The lowest BCUT2D eigenvalue weighted by atomic mass is 10.2. The van der Waals surface area contributed by atoms with Crippen LogP contribution in [0.2, 0.25) is 0 Å². The molecule has 5 N–H and O–H groups in total. The molecule has 19 heavy (non-hydrogen) atoms. The van der Waals surface area contributed by atoms with Gasteiger partial charge in [-0.2, -0.15) is 0 Å². The molecule has 0 saturated carbocycles. The Morgan fingerprint density at radius 2 is 2.11 bits per heavy atom. The molecule has 2 rings (SSSR count). The molecule has 7 nitrogen and oxygen atoms in total. The first kappa shape index (κ1) is 13.0. The molecule has 7 heteroatoms. The van der Waals surface area contributed by atoms with Gasteiger partial charge in [0, 0.05) is 13.1 Å². The Bertz CT molecular complexity index is 637. The van der Waals surface area contributed by atoms with E-state index in [9.17, 15) is 9.59 Å². The van der Waals surface area contributed by atoms with Crippen LogP contribution in [0.4, 0.5) is 4.79 Å². The molecule has 2 amide bonds. The third-order valence-corrected chi connectivity index (χ3v) is 2.56. The van der Waals surface area contributed by atoms with E-state index in [4.69, 9.17) is 5.73 Å². The maximum atomic E-state index is 11.8. The third kappa shape index (κ3) is 3.52. The monoisotopic (exact) mass is 261 g/mol. The number of benzene rings is 1. The molecule has 0 aliphatic carbocycles. The molecular formula is C12H15N5O2. The molecule has 0 radical (unpaired) electrons. The normalized spacial score (nSPS) is 10.5. The van der Waals surface area contributed by atoms with Gasteiger partial charge in [-0.25, -0.2) is 9.78 Å². The Labute approximate surface area is 109 Å². The average molecular weight is 261 g/mol. The Morgan fingerprint density at radius 1 is 1.32 bits per heavy atom. The van der Waals surface area contributed by atoms with Gasteiger partial charge in [0.1, 0.15) is 5.82 Å². The standard InChI is InChI=1S/C12H15N5O2/c13-12(19)15-6-5-14-7-10-16-9-4-2-1-3-8(9)11(18)17-10/h1-4,14H,5-7H2,(H3,13,15,19)(H,16,17,18). The summed E-state index contributed by atoms with van der Waals surface area (Å²) < 4.78 is 0. The van der Waals surface area contributed by atoms with Crippen molar-refractivity contribution in [3.05, 3.63) is 40.4 Å². The quantitative estimate of drug-likeness (QED) is 0.552. The number of hydrogen-bond donors (Lipinski definition) is 4. The molecule has 0 unspecified atom stereocenters. The van der Waals surface area contributed by atoms with Gasteiger partial charge in [-0.3, -0.25) is 4.79 Å². The second-order valence-corrected chi connectivity index (χ2v) is 4.00. The van der Waals surface area contributed by atoms with Crippen LogP contribution in [0, 0.1) is 0 Å². The van der Waals surface area contributed by atoms with Crippen molar-refractivity contribution in [2.45, 2.75) is 6.54 Å². The Balaban J connectivity index is 1.98. The molecule has 1 heterocycles. The van der Waals surface area contributed by atoms with Crippen molar-refractivity contribution in [3.8, 4) is 0 Å². The fourth-order valence-corrected chi connectivity index (χ4v) is 1.70. The van der Waals surface area contributed by atoms with Crippen LogP contribution in [0.25, 0.3) is 10.9 Å². The van der Waals surface area contributed by atoms with Crippen LogP contribution < -0.4 is 21.9 Å². The maximum Gasteiger partial charge on any atom is 0.312 e. The number of para-hydroxylation sites is 1. The van der Waals surface area contributed by atoms with Gasteiger partial charge in [0.05, 0.1) is 17.4 Å². The van der Waals surface area contributed by atoms with Crippen LogP contribution in [0.1, 0.15) is 5.82 Å². The van der Waals surface area contributed by atoms with Gasteiger partial charge in [0.25, 0.3) is 5.56 Å². The number of hydrogen-bond acceptors (Lipinski definition) is 4. The Hall–Kier alpha value is -2.41. The van der Waals surface area contributed by atoms with E-state index in [2.05, 4.69) is 20.6 Å². The second-order valence-electron chi connectivity index (χ2n) is 4.00. The molecule has 0 spiro atoms. The maximum absolute atomic E-state index is 11.8. The molecule has 100 valence electrons. The molecule has 0 bridgehead atoms. The van der Waals surface area contributed by atoms with Crippen LogP contribution >= 0.6 is 0 Å². The number of H-pyrrole nitrogens is 1.